The molecule has 1 aromatic heterocycles. The van der Waals surface area contributed by atoms with Crippen LogP contribution in [0.5, 0.6) is 0 Å². The first kappa shape index (κ1) is 13.4. The van der Waals surface area contributed by atoms with Gasteiger partial charge in [0, 0.05) is 5.69 Å². The fraction of sp³-hybridized carbons (Fsp3) is 0.500. The van der Waals surface area contributed by atoms with Gasteiger partial charge in [-0.05, 0) is 40.8 Å². The summed E-state index contributed by atoms with van der Waals surface area (Å²) >= 11 is 6.26. The van der Waals surface area contributed by atoms with Gasteiger partial charge in [-0.1, -0.05) is 37.4 Å². The minimum absolute atomic E-state index is 0.264. The van der Waals surface area contributed by atoms with E-state index < -0.39 is 0 Å². The lowest BCUT2D eigenvalue weighted by atomic mass is 9.89. The molecule has 1 heterocycles. The zero-order valence-corrected chi connectivity index (χ0v) is 12.3. The van der Waals surface area contributed by atoms with E-state index >= 15 is 0 Å². The molecule has 0 atom stereocenters. The van der Waals surface area contributed by atoms with Crippen molar-refractivity contribution in [2.75, 3.05) is 5.73 Å². The van der Waals surface area contributed by atoms with Crippen LogP contribution >= 0.6 is 11.6 Å². The van der Waals surface area contributed by atoms with Crippen LogP contribution in [0.15, 0.2) is 18.2 Å². The maximum absolute atomic E-state index is 6.26. The minimum atomic E-state index is 0.264. The average Bonchev–Trinajstić information content (AvgIpc) is 3.00. The number of halogens is 1. The van der Waals surface area contributed by atoms with Gasteiger partial charge in [-0.15, -0.1) is 5.10 Å². The lowest BCUT2D eigenvalue weighted by molar-refractivity contribution is 0.267. The van der Waals surface area contributed by atoms with Crippen LogP contribution in [0, 0.1) is 5.41 Å². The van der Waals surface area contributed by atoms with E-state index in [0.29, 0.717) is 16.5 Å². The highest BCUT2D eigenvalue weighted by Gasteiger charge is 2.31. The molecule has 0 unspecified atom stereocenters. The summed E-state index contributed by atoms with van der Waals surface area (Å²) in [6.45, 7) is 3.10. The van der Waals surface area contributed by atoms with Crippen molar-refractivity contribution in [1.29, 1.82) is 0 Å². The third-order valence-corrected chi connectivity index (χ3v) is 4.46. The molecule has 0 saturated heterocycles. The van der Waals surface area contributed by atoms with E-state index in [1.165, 1.54) is 25.7 Å². The van der Waals surface area contributed by atoms with Gasteiger partial charge in [0.1, 0.15) is 0 Å². The number of tetrazole rings is 1. The van der Waals surface area contributed by atoms with Crippen LogP contribution in [0.3, 0.4) is 0 Å². The van der Waals surface area contributed by atoms with Crippen molar-refractivity contribution >= 4 is 17.3 Å². The van der Waals surface area contributed by atoms with Crippen LogP contribution in [-0.4, -0.2) is 20.2 Å². The Morgan fingerprint density at radius 2 is 2.10 bits per heavy atom. The Bertz CT molecular complexity index is 596. The second-order valence-corrected chi connectivity index (χ2v) is 6.29. The van der Waals surface area contributed by atoms with Crippen molar-refractivity contribution in [3.8, 4) is 11.4 Å². The molecule has 0 spiro atoms. The van der Waals surface area contributed by atoms with Crippen molar-refractivity contribution < 1.29 is 0 Å². The van der Waals surface area contributed by atoms with E-state index in [0.717, 1.165) is 12.1 Å². The summed E-state index contributed by atoms with van der Waals surface area (Å²) in [5.41, 5.74) is 7.62. The monoisotopic (exact) mass is 291 g/mol. The molecule has 2 N–H and O–H groups in total. The van der Waals surface area contributed by atoms with Crippen molar-refractivity contribution in [3.05, 3.63) is 23.2 Å². The lowest BCUT2D eigenvalue weighted by Crippen LogP contribution is -2.21. The molecule has 3 rings (SSSR count). The maximum atomic E-state index is 6.26. The van der Waals surface area contributed by atoms with Crippen molar-refractivity contribution in [2.45, 2.75) is 39.2 Å². The van der Waals surface area contributed by atoms with Gasteiger partial charge in [-0.2, -0.15) is 0 Å². The first-order valence-electron chi connectivity index (χ1n) is 6.90. The molecule has 6 heteroatoms. The number of hydrogen-bond acceptors (Lipinski definition) is 4. The van der Waals surface area contributed by atoms with E-state index in [2.05, 4.69) is 22.4 Å². The van der Waals surface area contributed by atoms with Crippen LogP contribution in [0.25, 0.3) is 11.4 Å². The first-order chi connectivity index (χ1) is 9.59. The summed E-state index contributed by atoms with van der Waals surface area (Å²) in [5, 5.41) is 12.6. The summed E-state index contributed by atoms with van der Waals surface area (Å²) in [7, 11) is 0. The Kier molecular flexibility index (Phi) is 3.38. The largest absolute Gasteiger partial charge is 0.398 e. The van der Waals surface area contributed by atoms with E-state index in [1.807, 2.05) is 22.9 Å². The smallest absolute Gasteiger partial charge is 0.185 e. The van der Waals surface area contributed by atoms with Gasteiger partial charge in [0.05, 0.1) is 17.1 Å². The van der Waals surface area contributed by atoms with Gasteiger partial charge < -0.3 is 5.73 Å². The maximum Gasteiger partial charge on any atom is 0.185 e. The topological polar surface area (TPSA) is 69.6 Å². The number of anilines is 1. The van der Waals surface area contributed by atoms with Gasteiger partial charge in [0.25, 0.3) is 0 Å². The second kappa shape index (κ2) is 5.05. The number of hydrogen-bond donors (Lipinski definition) is 1. The quantitative estimate of drug-likeness (QED) is 0.882. The SMILES string of the molecule is CC1(Cn2nnnc2-c2c(N)cccc2Cl)CCCC1. The highest BCUT2D eigenvalue weighted by molar-refractivity contribution is 6.33. The molecule has 106 valence electrons. The van der Waals surface area contributed by atoms with Crippen LogP contribution < -0.4 is 5.73 Å². The molecule has 1 fully saturated rings. The third kappa shape index (κ3) is 2.38. The molecule has 1 aromatic carbocycles. The van der Waals surface area contributed by atoms with Crippen LogP contribution in [0.2, 0.25) is 5.02 Å². The van der Waals surface area contributed by atoms with E-state index in [-0.39, 0.29) is 5.41 Å². The molecule has 5 nitrogen and oxygen atoms in total. The number of benzene rings is 1. The van der Waals surface area contributed by atoms with Crippen molar-refractivity contribution in [3.63, 3.8) is 0 Å². The van der Waals surface area contributed by atoms with Gasteiger partial charge in [0.15, 0.2) is 5.82 Å². The third-order valence-electron chi connectivity index (χ3n) is 4.14. The molecule has 1 aliphatic rings. The molecular weight excluding hydrogens is 274 g/mol. The molecule has 20 heavy (non-hydrogen) atoms. The predicted octanol–water partition coefficient (Wildman–Crippen LogP) is 3.16. The summed E-state index contributed by atoms with van der Waals surface area (Å²) in [5.74, 6) is 0.654. The average molecular weight is 292 g/mol. The van der Waals surface area contributed by atoms with Crippen molar-refractivity contribution in [2.24, 2.45) is 5.41 Å². The molecule has 2 aromatic rings. The number of aromatic nitrogens is 4. The Labute approximate surface area is 123 Å². The lowest BCUT2D eigenvalue weighted by Gasteiger charge is -2.23. The van der Waals surface area contributed by atoms with Crippen molar-refractivity contribution in [1.82, 2.24) is 20.2 Å². The standard InChI is InChI=1S/C14H18ClN5/c1-14(7-2-3-8-14)9-20-13(17-18-19-20)12-10(15)5-4-6-11(12)16/h4-6H,2-3,7-9,16H2,1H3. The Morgan fingerprint density at radius 1 is 1.35 bits per heavy atom. The molecule has 0 bridgehead atoms. The molecule has 0 amide bonds. The Balaban J connectivity index is 1.98. The number of nitrogens with zero attached hydrogens (tertiary/aromatic N) is 4. The Hall–Kier alpha value is -1.62. The molecule has 0 aliphatic heterocycles. The van der Waals surface area contributed by atoms with Gasteiger partial charge in [-0.3, -0.25) is 0 Å². The second-order valence-electron chi connectivity index (χ2n) is 5.88. The summed E-state index contributed by atoms with van der Waals surface area (Å²) in [6, 6.07) is 5.45. The zero-order valence-electron chi connectivity index (χ0n) is 11.5. The predicted molar refractivity (Wildman–Crippen MR) is 79.3 cm³/mol. The van der Waals surface area contributed by atoms with Gasteiger partial charge in [-0.25, -0.2) is 4.68 Å². The molecule has 0 radical (unpaired) electrons. The number of nitrogen functional groups attached to an aromatic ring is 1. The summed E-state index contributed by atoms with van der Waals surface area (Å²) < 4.78 is 1.84. The van der Waals surface area contributed by atoms with Crippen LogP contribution in [0.1, 0.15) is 32.6 Å². The van der Waals surface area contributed by atoms with E-state index in [4.69, 9.17) is 17.3 Å². The minimum Gasteiger partial charge on any atom is -0.398 e. The highest BCUT2D eigenvalue weighted by Crippen LogP contribution is 2.40. The normalized spacial score (nSPS) is 17.5. The van der Waals surface area contributed by atoms with E-state index in [1.54, 1.807) is 0 Å². The molecule has 1 saturated carbocycles. The molecular formula is C14H18ClN5. The number of rotatable bonds is 3. The van der Waals surface area contributed by atoms with Gasteiger partial charge >= 0.3 is 0 Å². The zero-order chi connectivity index (χ0) is 14.2. The molecule has 1 aliphatic carbocycles. The summed E-state index contributed by atoms with van der Waals surface area (Å²) in [6.07, 6.45) is 4.99. The Morgan fingerprint density at radius 3 is 2.80 bits per heavy atom. The highest BCUT2D eigenvalue weighted by atomic mass is 35.5. The fourth-order valence-corrected chi connectivity index (χ4v) is 3.28. The summed E-state index contributed by atoms with van der Waals surface area (Å²) in [4.78, 5) is 0. The first-order valence-corrected chi connectivity index (χ1v) is 7.27. The van der Waals surface area contributed by atoms with Crippen LogP contribution in [0.4, 0.5) is 5.69 Å². The van der Waals surface area contributed by atoms with E-state index in [9.17, 15) is 0 Å². The van der Waals surface area contributed by atoms with Crippen LogP contribution in [-0.2, 0) is 6.54 Å². The fourth-order valence-electron chi connectivity index (χ4n) is 3.02. The number of nitrogens with two attached hydrogens (primary N) is 1. The van der Waals surface area contributed by atoms with Gasteiger partial charge in [0.2, 0.25) is 0 Å².